The van der Waals surface area contributed by atoms with Gasteiger partial charge in [-0.2, -0.15) is 0 Å². The fourth-order valence-corrected chi connectivity index (χ4v) is 4.90. The molecule has 6 nitrogen and oxygen atoms in total. The van der Waals surface area contributed by atoms with Crippen LogP contribution in [0.4, 0.5) is 11.4 Å². The third kappa shape index (κ3) is 5.79. The molecule has 0 heterocycles. The topological polar surface area (TPSA) is 92.3 Å². The number of hydrogen-bond acceptors (Lipinski definition) is 4. The van der Waals surface area contributed by atoms with Crippen LogP contribution in [0.1, 0.15) is 26.3 Å². The molecule has 2 N–H and O–H groups in total. The van der Waals surface area contributed by atoms with Crippen molar-refractivity contribution in [2.45, 2.75) is 4.90 Å². The van der Waals surface area contributed by atoms with Crippen LogP contribution in [0.25, 0.3) is 0 Å². The lowest BCUT2D eigenvalue weighted by Crippen LogP contribution is -2.19. The number of rotatable bonds is 7. The van der Waals surface area contributed by atoms with E-state index < -0.39 is 15.9 Å². The SMILES string of the molecule is O=C(Nc1ccc(Br)cc1C(=O)c1ccccc1)c1ccccc1NS(=O)(=O)c1ccc(Cl)cc1. The minimum atomic E-state index is -3.97. The van der Waals surface area contributed by atoms with Crippen molar-refractivity contribution >= 4 is 60.6 Å². The molecule has 0 radical (unpaired) electrons. The number of hydrogen-bond donors (Lipinski definition) is 2. The first-order valence-corrected chi connectivity index (χ1v) is 13.0. The summed E-state index contributed by atoms with van der Waals surface area (Å²) in [5.41, 5.74) is 1.23. The van der Waals surface area contributed by atoms with Gasteiger partial charge in [-0.05, 0) is 54.6 Å². The predicted octanol–water partition coefficient (Wildman–Crippen LogP) is 6.39. The Morgan fingerprint density at radius 2 is 1.40 bits per heavy atom. The standard InChI is InChI=1S/C26H18BrClN2O4S/c27-18-10-15-23(22(16-18)25(31)17-6-2-1-3-7-17)29-26(32)21-8-4-5-9-24(21)30-35(33,34)20-13-11-19(28)12-14-20/h1-16,30H,(H,29,32). The molecule has 0 fully saturated rings. The molecule has 9 heteroatoms. The van der Waals surface area contributed by atoms with Gasteiger partial charge in [0.1, 0.15) is 0 Å². The van der Waals surface area contributed by atoms with Crippen molar-refractivity contribution in [3.8, 4) is 0 Å². The molecule has 0 aliphatic rings. The molecule has 4 aromatic carbocycles. The van der Waals surface area contributed by atoms with Gasteiger partial charge in [0.2, 0.25) is 0 Å². The van der Waals surface area contributed by atoms with Gasteiger partial charge in [-0.25, -0.2) is 8.42 Å². The van der Waals surface area contributed by atoms with Crippen LogP contribution in [-0.4, -0.2) is 20.1 Å². The maximum Gasteiger partial charge on any atom is 0.261 e. The zero-order chi connectivity index (χ0) is 25.0. The molecule has 176 valence electrons. The number of carbonyl (C=O) groups is 2. The fourth-order valence-electron chi connectivity index (χ4n) is 3.34. The lowest BCUT2D eigenvalue weighted by molar-refractivity contribution is 0.102. The van der Waals surface area contributed by atoms with E-state index in [0.717, 1.165) is 0 Å². The molecule has 4 aromatic rings. The molecule has 35 heavy (non-hydrogen) atoms. The number of sulfonamides is 1. The number of para-hydroxylation sites is 1. The van der Waals surface area contributed by atoms with Crippen molar-refractivity contribution in [2.24, 2.45) is 0 Å². The minimum Gasteiger partial charge on any atom is -0.321 e. The molecule has 0 aliphatic carbocycles. The van der Waals surface area contributed by atoms with E-state index in [0.29, 0.717) is 20.7 Å². The smallest absolute Gasteiger partial charge is 0.261 e. The molecule has 0 spiro atoms. The van der Waals surface area contributed by atoms with E-state index in [1.165, 1.54) is 36.4 Å². The molecule has 4 rings (SSSR count). The zero-order valence-electron chi connectivity index (χ0n) is 18.0. The van der Waals surface area contributed by atoms with Crippen LogP contribution in [0.15, 0.2) is 106 Å². The third-order valence-electron chi connectivity index (χ3n) is 5.05. The van der Waals surface area contributed by atoms with Crippen molar-refractivity contribution in [3.05, 3.63) is 123 Å². The Labute approximate surface area is 216 Å². The number of ketones is 1. The quantitative estimate of drug-likeness (QED) is 0.252. The summed E-state index contributed by atoms with van der Waals surface area (Å²) in [6.07, 6.45) is 0. The number of nitrogens with one attached hydrogen (secondary N) is 2. The number of benzene rings is 4. The normalized spacial score (nSPS) is 11.0. The highest BCUT2D eigenvalue weighted by Crippen LogP contribution is 2.27. The summed E-state index contributed by atoms with van der Waals surface area (Å²) in [7, 11) is -3.97. The molecule has 0 aromatic heterocycles. The van der Waals surface area contributed by atoms with Crippen LogP contribution in [0.2, 0.25) is 5.02 Å². The van der Waals surface area contributed by atoms with Gasteiger partial charge in [-0.15, -0.1) is 0 Å². The third-order valence-corrected chi connectivity index (χ3v) is 7.18. The first kappa shape index (κ1) is 24.7. The molecular formula is C26H18BrClN2O4S. The number of carbonyl (C=O) groups excluding carboxylic acids is 2. The predicted molar refractivity (Wildman–Crippen MR) is 141 cm³/mol. The van der Waals surface area contributed by atoms with Crippen molar-refractivity contribution in [2.75, 3.05) is 10.0 Å². The molecule has 0 saturated carbocycles. The van der Waals surface area contributed by atoms with E-state index in [-0.39, 0.29) is 27.5 Å². The van der Waals surface area contributed by atoms with Crippen molar-refractivity contribution in [1.29, 1.82) is 0 Å². The van der Waals surface area contributed by atoms with E-state index in [4.69, 9.17) is 11.6 Å². The van der Waals surface area contributed by atoms with Crippen LogP contribution >= 0.6 is 27.5 Å². The maximum atomic E-state index is 13.2. The highest BCUT2D eigenvalue weighted by Gasteiger charge is 2.21. The van der Waals surface area contributed by atoms with Gasteiger partial charge in [0.25, 0.3) is 15.9 Å². The fraction of sp³-hybridized carbons (Fsp3) is 0. The highest BCUT2D eigenvalue weighted by molar-refractivity contribution is 9.10. The Bertz CT molecular complexity index is 1510. The summed E-state index contributed by atoms with van der Waals surface area (Å²) < 4.78 is 28.8. The van der Waals surface area contributed by atoms with Gasteiger partial charge in [0.05, 0.1) is 21.8 Å². The van der Waals surface area contributed by atoms with Crippen LogP contribution < -0.4 is 10.0 Å². The van der Waals surface area contributed by atoms with Crippen LogP contribution in [0.3, 0.4) is 0 Å². The summed E-state index contributed by atoms with van der Waals surface area (Å²) in [4.78, 5) is 26.3. The van der Waals surface area contributed by atoms with Gasteiger partial charge < -0.3 is 5.32 Å². The second-order valence-electron chi connectivity index (χ2n) is 7.44. The van der Waals surface area contributed by atoms with E-state index >= 15 is 0 Å². The van der Waals surface area contributed by atoms with Crippen molar-refractivity contribution < 1.29 is 18.0 Å². The molecule has 0 unspecified atom stereocenters. The van der Waals surface area contributed by atoms with Crippen LogP contribution in [0, 0.1) is 0 Å². The summed E-state index contributed by atoms with van der Waals surface area (Å²) >= 11 is 9.22. The average Bonchev–Trinajstić information content (AvgIpc) is 2.85. The van der Waals surface area contributed by atoms with Gasteiger partial charge >= 0.3 is 0 Å². The van der Waals surface area contributed by atoms with Gasteiger partial charge in [0.15, 0.2) is 5.78 Å². The minimum absolute atomic E-state index is 0.000708. The van der Waals surface area contributed by atoms with E-state index in [2.05, 4.69) is 26.0 Å². The largest absolute Gasteiger partial charge is 0.321 e. The summed E-state index contributed by atoms with van der Waals surface area (Å²) in [6.45, 7) is 0. The molecule has 1 amide bonds. The summed E-state index contributed by atoms with van der Waals surface area (Å²) in [5.74, 6) is -0.845. The zero-order valence-corrected chi connectivity index (χ0v) is 21.2. The number of anilines is 2. The van der Waals surface area contributed by atoms with E-state index in [1.54, 1.807) is 54.6 Å². The van der Waals surface area contributed by atoms with Gasteiger partial charge in [-0.3, -0.25) is 14.3 Å². The Morgan fingerprint density at radius 3 is 2.11 bits per heavy atom. The first-order valence-electron chi connectivity index (χ1n) is 10.3. The Morgan fingerprint density at radius 1 is 0.743 bits per heavy atom. The van der Waals surface area contributed by atoms with Gasteiger partial charge in [-0.1, -0.05) is 70.0 Å². The maximum absolute atomic E-state index is 13.2. The Kier molecular flexibility index (Phi) is 7.35. The molecule has 0 saturated heterocycles. The van der Waals surface area contributed by atoms with Crippen molar-refractivity contribution in [3.63, 3.8) is 0 Å². The first-order chi connectivity index (χ1) is 16.7. The second kappa shape index (κ2) is 10.4. The summed E-state index contributed by atoms with van der Waals surface area (Å²) in [6, 6.07) is 25.5. The lowest BCUT2D eigenvalue weighted by Gasteiger charge is -2.15. The number of halogens is 2. The van der Waals surface area contributed by atoms with Crippen LogP contribution in [-0.2, 0) is 10.0 Å². The number of amides is 1. The van der Waals surface area contributed by atoms with Crippen molar-refractivity contribution in [1.82, 2.24) is 0 Å². The second-order valence-corrected chi connectivity index (χ2v) is 10.5. The molecule has 0 aliphatic heterocycles. The monoisotopic (exact) mass is 568 g/mol. The Hall–Kier alpha value is -3.46. The molecular weight excluding hydrogens is 552 g/mol. The van der Waals surface area contributed by atoms with E-state index in [1.807, 2.05) is 6.07 Å². The molecule has 0 bridgehead atoms. The highest BCUT2D eigenvalue weighted by atomic mass is 79.9. The lowest BCUT2D eigenvalue weighted by atomic mass is 10.0. The Balaban J connectivity index is 1.64. The molecule has 0 atom stereocenters. The average molecular weight is 570 g/mol. The van der Waals surface area contributed by atoms with Gasteiger partial charge in [0, 0.05) is 20.6 Å². The van der Waals surface area contributed by atoms with E-state index in [9.17, 15) is 18.0 Å². The summed E-state index contributed by atoms with van der Waals surface area (Å²) in [5, 5.41) is 3.15. The van der Waals surface area contributed by atoms with Crippen LogP contribution in [0.5, 0.6) is 0 Å².